The van der Waals surface area contributed by atoms with Crippen molar-refractivity contribution in [1.82, 2.24) is 0 Å². The van der Waals surface area contributed by atoms with Crippen molar-refractivity contribution < 1.29 is 24.1 Å². The Hall–Kier alpha value is -1.41. The fraction of sp³-hybridized carbons (Fsp3) is 0.455. The number of thioether (sulfide) groups is 1. The first-order chi connectivity index (χ1) is 13.8. The maximum Gasteiger partial charge on any atom is 0.184 e. The third-order valence-corrected chi connectivity index (χ3v) is 6.05. The molecule has 2 aliphatic rings. The average Bonchev–Trinajstić information content (AvgIpc) is 2.75. The SMILES string of the molecule is CCS[C@@H]1O[C@@H]2CO[C@H](c3ccccc3)O[C@@H]2[C@H](OCc2ccccc2)[C@H]1O. The lowest BCUT2D eigenvalue weighted by Crippen LogP contribution is -2.61. The van der Waals surface area contributed by atoms with E-state index in [1.165, 1.54) is 0 Å². The quantitative estimate of drug-likeness (QED) is 0.798. The van der Waals surface area contributed by atoms with Crippen LogP contribution in [0.2, 0.25) is 0 Å². The van der Waals surface area contributed by atoms with E-state index in [4.69, 9.17) is 18.9 Å². The topological polar surface area (TPSA) is 57.2 Å². The first-order valence-corrected chi connectivity index (χ1v) is 10.7. The van der Waals surface area contributed by atoms with Crippen LogP contribution in [-0.4, -0.2) is 47.3 Å². The second kappa shape index (κ2) is 9.39. The Kier molecular flexibility index (Phi) is 6.67. The predicted molar refractivity (Wildman–Crippen MR) is 108 cm³/mol. The standard InChI is InChI=1S/C22H26O5S/c1-2-28-22-18(23)20(24-13-15-9-5-3-6-10-15)19-17(26-22)14-25-21(27-19)16-11-7-4-8-12-16/h3-12,17-23H,2,13-14H2,1H3/t17-,18-,19+,20-,21+,22+/m1/s1. The number of benzene rings is 2. The molecule has 0 aliphatic carbocycles. The summed E-state index contributed by atoms with van der Waals surface area (Å²) in [5, 5.41) is 10.9. The molecule has 28 heavy (non-hydrogen) atoms. The third-order valence-electron chi connectivity index (χ3n) is 5.00. The van der Waals surface area contributed by atoms with Crippen LogP contribution in [0, 0.1) is 0 Å². The number of ether oxygens (including phenoxy) is 4. The fourth-order valence-electron chi connectivity index (χ4n) is 3.60. The highest BCUT2D eigenvalue weighted by Gasteiger charge is 2.50. The molecule has 2 aromatic carbocycles. The van der Waals surface area contributed by atoms with E-state index in [2.05, 4.69) is 0 Å². The smallest absolute Gasteiger partial charge is 0.184 e. The van der Waals surface area contributed by atoms with Gasteiger partial charge in [0.2, 0.25) is 0 Å². The number of aliphatic hydroxyl groups excluding tert-OH is 1. The second-order valence-electron chi connectivity index (χ2n) is 6.93. The Bertz CT molecular complexity index is 728. The van der Waals surface area contributed by atoms with Gasteiger partial charge in [0.25, 0.3) is 0 Å². The van der Waals surface area contributed by atoms with Gasteiger partial charge >= 0.3 is 0 Å². The summed E-state index contributed by atoms with van der Waals surface area (Å²) >= 11 is 1.58. The van der Waals surface area contributed by atoms with E-state index in [0.29, 0.717) is 13.2 Å². The largest absolute Gasteiger partial charge is 0.387 e. The molecule has 4 rings (SSSR count). The Morgan fingerprint density at radius 1 is 1.04 bits per heavy atom. The van der Waals surface area contributed by atoms with E-state index in [9.17, 15) is 5.11 Å². The Labute approximate surface area is 169 Å². The lowest BCUT2D eigenvalue weighted by molar-refractivity contribution is -0.325. The molecule has 0 unspecified atom stereocenters. The normalized spacial score (nSPS) is 32.6. The number of hydrogen-bond acceptors (Lipinski definition) is 6. The molecular formula is C22H26O5S. The summed E-state index contributed by atoms with van der Waals surface area (Å²) in [4.78, 5) is 0. The van der Waals surface area contributed by atoms with Gasteiger partial charge in [0.05, 0.1) is 13.2 Å². The van der Waals surface area contributed by atoms with E-state index in [-0.39, 0.29) is 11.5 Å². The minimum absolute atomic E-state index is 0.270. The molecule has 1 N–H and O–H groups in total. The van der Waals surface area contributed by atoms with Crippen molar-refractivity contribution in [3.05, 3.63) is 71.8 Å². The van der Waals surface area contributed by atoms with E-state index in [1.54, 1.807) is 11.8 Å². The van der Waals surface area contributed by atoms with Crippen molar-refractivity contribution >= 4 is 11.8 Å². The number of hydrogen-bond donors (Lipinski definition) is 1. The van der Waals surface area contributed by atoms with Gasteiger partial charge in [0.1, 0.15) is 29.9 Å². The minimum Gasteiger partial charge on any atom is -0.387 e. The van der Waals surface area contributed by atoms with Crippen LogP contribution >= 0.6 is 11.8 Å². The lowest BCUT2D eigenvalue weighted by Gasteiger charge is -2.47. The van der Waals surface area contributed by atoms with Crippen LogP contribution in [0.5, 0.6) is 0 Å². The predicted octanol–water partition coefficient (Wildman–Crippen LogP) is 3.52. The van der Waals surface area contributed by atoms with Crippen LogP contribution in [0.4, 0.5) is 0 Å². The van der Waals surface area contributed by atoms with Gasteiger partial charge in [-0.25, -0.2) is 0 Å². The molecule has 6 atom stereocenters. The van der Waals surface area contributed by atoms with Gasteiger partial charge in [-0.15, -0.1) is 11.8 Å². The van der Waals surface area contributed by atoms with Crippen LogP contribution in [0.15, 0.2) is 60.7 Å². The highest BCUT2D eigenvalue weighted by molar-refractivity contribution is 7.99. The molecule has 2 fully saturated rings. The van der Waals surface area contributed by atoms with Gasteiger partial charge in [0.15, 0.2) is 6.29 Å². The third kappa shape index (κ3) is 4.43. The summed E-state index contributed by atoms with van der Waals surface area (Å²) < 4.78 is 24.4. The van der Waals surface area contributed by atoms with E-state index >= 15 is 0 Å². The summed E-state index contributed by atoms with van der Waals surface area (Å²) in [6.07, 6.45) is -2.42. The Balaban J connectivity index is 1.52. The molecular weight excluding hydrogens is 376 g/mol. The monoisotopic (exact) mass is 402 g/mol. The van der Waals surface area contributed by atoms with Crippen molar-refractivity contribution in [2.45, 2.75) is 49.7 Å². The molecule has 2 aromatic rings. The lowest BCUT2D eigenvalue weighted by atomic mass is 9.98. The molecule has 0 bridgehead atoms. The van der Waals surface area contributed by atoms with Crippen molar-refractivity contribution in [2.24, 2.45) is 0 Å². The summed E-state index contributed by atoms with van der Waals surface area (Å²) in [6.45, 7) is 2.87. The van der Waals surface area contributed by atoms with Gasteiger partial charge in [0, 0.05) is 5.56 Å². The molecule has 150 valence electrons. The van der Waals surface area contributed by atoms with E-state index in [0.717, 1.165) is 16.9 Å². The van der Waals surface area contributed by atoms with Gasteiger partial charge in [-0.1, -0.05) is 67.6 Å². The molecule has 0 amide bonds. The van der Waals surface area contributed by atoms with Gasteiger partial charge in [-0.2, -0.15) is 0 Å². The Morgan fingerprint density at radius 2 is 1.75 bits per heavy atom. The molecule has 6 heteroatoms. The molecule has 0 spiro atoms. The molecule has 0 radical (unpaired) electrons. The highest BCUT2D eigenvalue weighted by Crippen LogP contribution is 2.38. The van der Waals surface area contributed by atoms with Gasteiger partial charge < -0.3 is 24.1 Å². The Morgan fingerprint density at radius 3 is 2.46 bits per heavy atom. The zero-order valence-electron chi connectivity index (χ0n) is 15.8. The van der Waals surface area contributed by atoms with Gasteiger partial charge in [-0.3, -0.25) is 0 Å². The van der Waals surface area contributed by atoms with Crippen molar-refractivity contribution in [2.75, 3.05) is 12.4 Å². The minimum atomic E-state index is -0.774. The number of aliphatic hydroxyl groups is 1. The summed E-state index contributed by atoms with van der Waals surface area (Å²) in [7, 11) is 0. The summed E-state index contributed by atoms with van der Waals surface area (Å²) in [6, 6.07) is 19.8. The van der Waals surface area contributed by atoms with Gasteiger partial charge in [-0.05, 0) is 11.3 Å². The molecule has 5 nitrogen and oxygen atoms in total. The van der Waals surface area contributed by atoms with Crippen LogP contribution in [0.25, 0.3) is 0 Å². The number of rotatable bonds is 6. The van der Waals surface area contributed by atoms with Crippen LogP contribution in [0.1, 0.15) is 24.3 Å². The van der Waals surface area contributed by atoms with Crippen molar-refractivity contribution in [1.29, 1.82) is 0 Å². The van der Waals surface area contributed by atoms with Crippen LogP contribution in [-0.2, 0) is 25.6 Å². The van der Waals surface area contributed by atoms with Crippen LogP contribution < -0.4 is 0 Å². The van der Waals surface area contributed by atoms with E-state index in [1.807, 2.05) is 67.6 Å². The molecule has 0 aromatic heterocycles. The van der Waals surface area contributed by atoms with Crippen LogP contribution in [0.3, 0.4) is 0 Å². The maximum absolute atomic E-state index is 10.9. The zero-order valence-corrected chi connectivity index (χ0v) is 16.7. The first-order valence-electron chi connectivity index (χ1n) is 9.69. The van der Waals surface area contributed by atoms with Crippen molar-refractivity contribution in [3.8, 4) is 0 Å². The molecule has 2 saturated heterocycles. The molecule has 2 aliphatic heterocycles. The second-order valence-corrected chi connectivity index (χ2v) is 8.30. The summed E-state index contributed by atoms with van der Waals surface area (Å²) in [5.74, 6) is 0.846. The molecule has 2 heterocycles. The first kappa shape index (κ1) is 19.9. The average molecular weight is 403 g/mol. The summed E-state index contributed by atoms with van der Waals surface area (Å²) in [5.41, 5.74) is 1.65. The number of fused-ring (bicyclic) bond motifs is 1. The fourth-order valence-corrected chi connectivity index (χ4v) is 4.50. The molecule has 0 saturated carbocycles. The highest BCUT2D eigenvalue weighted by atomic mass is 32.2. The zero-order chi connectivity index (χ0) is 19.3. The van der Waals surface area contributed by atoms with E-state index < -0.39 is 24.6 Å². The van der Waals surface area contributed by atoms with Crippen molar-refractivity contribution in [3.63, 3.8) is 0 Å². The maximum atomic E-state index is 10.9.